The first kappa shape index (κ1) is 18.6. The van der Waals surface area contributed by atoms with Gasteiger partial charge in [-0.1, -0.05) is 6.07 Å². The standard InChI is InChI=1S/C22H25FN4O/c1-14-11-15(7-8-20(14)27-10-9-16(13-27)26(2)3)24-12-17-21-18(23)5-4-6-19(21)25-22(17)28/h4-8,11-12,16-17H,9-10,13H2,1-3H3,(H,25,28). The molecule has 0 radical (unpaired) electrons. The smallest absolute Gasteiger partial charge is 0.237 e. The number of nitrogens with zero attached hydrogens (tertiary/aromatic N) is 3. The number of likely N-dealkylation sites (N-methyl/N-ethyl adjacent to an activating group) is 1. The van der Waals surface area contributed by atoms with Gasteiger partial charge in [0.25, 0.3) is 0 Å². The second kappa shape index (κ2) is 7.36. The van der Waals surface area contributed by atoms with Crippen LogP contribution >= 0.6 is 0 Å². The fourth-order valence-corrected chi connectivity index (χ4v) is 4.06. The van der Waals surface area contributed by atoms with Crippen LogP contribution in [0.25, 0.3) is 0 Å². The van der Waals surface area contributed by atoms with Crippen molar-refractivity contribution in [2.24, 2.45) is 4.99 Å². The summed E-state index contributed by atoms with van der Waals surface area (Å²) in [5, 5.41) is 2.71. The lowest BCUT2D eigenvalue weighted by molar-refractivity contribution is -0.115. The van der Waals surface area contributed by atoms with Gasteiger partial charge in [-0.05, 0) is 63.3 Å². The van der Waals surface area contributed by atoms with Crippen molar-refractivity contribution in [3.8, 4) is 0 Å². The third-order valence-corrected chi connectivity index (χ3v) is 5.69. The van der Waals surface area contributed by atoms with Crippen LogP contribution in [0.1, 0.15) is 23.5 Å². The van der Waals surface area contributed by atoms with E-state index in [0.717, 1.165) is 30.8 Å². The molecule has 2 aromatic carbocycles. The Balaban J connectivity index is 1.53. The predicted octanol–water partition coefficient (Wildman–Crippen LogP) is 3.71. The summed E-state index contributed by atoms with van der Waals surface area (Å²) in [5.74, 6) is -1.33. The highest BCUT2D eigenvalue weighted by molar-refractivity contribution is 6.12. The van der Waals surface area contributed by atoms with Gasteiger partial charge in [0.2, 0.25) is 5.91 Å². The van der Waals surface area contributed by atoms with Crippen molar-refractivity contribution in [2.75, 3.05) is 37.4 Å². The number of fused-ring (bicyclic) bond motifs is 1. The lowest BCUT2D eigenvalue weighted by Crippen LogP contribution is -2.31. The minimum Gasteiger partial charge on any atom is -0.370 e. The Bertz CT molecular complexity index is 940. The molecular formula is C22H25FN4O. The second-order valence-corrected chi connectivity index (χ2v) is 7.77. The van der Waals surface area contributed by atoms with Crippen molar-refractivity contribution in [3.05, 3.63) is 53.3 Å². The van der Waals surface area contributed by atoms with Crippen LogP contribution < -0.4 is 10.2 Å². The van der Waals surface area contributed by atoms with E-state index in [-0.39, 0.29) is 11.7 Å². The quantitative estimate of drug-likeness (QED) is 0.823. The number of benzene rings is 2. The molecule has 1 fully saturated rings. The number of nitrogens with one attached hydrogen (secondary N) is 1. The molecule has 0 bridgehead atoms. The monoisotopic (exact) mass is 380 g/mol. The summed E-state index contributed by atoms with van der Waals surface area (Å²) >= 11 is 0. The van der Waals surface area contributed by atoms with Gasteiger partial charge in [0, 0.05) is 42.3 Å². The highest BCUT2D eigenvalue weighted by Crippen LogP contribution is 2.34. The molecule has 0 spiro atoms. The summed E-state index contributed by atoms with van der Waals surface area (Å²) in [6.45, 7) is 4.15. The van der Waals surface area contributed by atoms with Crippen LogP contribution in [0.4, 0.5) is 21.5 Å². The molecule has 28 heavy (non-hydrogen) atoms. The Labute approximate surface area is 164 Å². The van der Waals surface area contributed by atoms with Gasteiger partial charge in [-0.3, -0.25) is 9.79 Å². The van der Waals surface area contributed by atoms with E-state index in [0.29, 0.717) is 17.3 Å². The van der Waals surface area contributed by atoms with Gasteiger partial charge in [0.1, 0.15) is 11.7 Å². The van der Waals surface area contributed by atoms with E-state index in [1.807, 2.05) is 12.1 Å². The summed E-state index contributed by atoms with van der Waals surface area (Å²) in [5.41, 5.74) is 4.03. The Morgan fingerprint density at radius 3 is 2.82 bits per heavy atom. The molecular weight excluding hydrogens is 355 g/mol. The molecule has 4 rings (SSSR count). The SMILES string of the molecule is Cc1cc(N=CC2C(=O)Nc3cccc(F)c32)ccc1N1CCC(N(C)C)C1. The molecule has 2 unspecified atom stereocenters. The number of hydrogen-bond acceptors (Lipinski definition) is 4. The number of hydrogen-bond donors (Lipinski definition) is 1. The molecule has 0 aliphatic carbocycles. The number of aryl methyl sites for hydroxylation is 1. The van der Waals surface area contributed by atoms with Crippen LogP contribution in [0.3, 0.4) is 0 Å². The number of rotatable bonds is 4. The van der Waals surface area contributed by atoms with E-state index < -0.39 is 5.92 Å². The Hall–Kier alpha value is -2.73. The van der Waals surface area contributed by atoms with Crippen LogP contribution in [0.15, 0.2) is 41.4 Å². The maximum atomic E-state index is 14.2. The molecule has 1 N–H and O–H groups in total. The first-order valence-corrected chi connectivity index (χ1v) is 9.59. The predicted molar refractivity (Wildman–Crippen MR) is 111 cm³/mol. The van der Waals surface area contributed by atoms with E-state index in [9.17, 15) is 9.18 Å². The minimum absolute atomic E-state index is 0.246. The number of anilines is 2. The number of halogens is 1. The summed E-state index contributed by atoms with van der Waals surface area (Å²) in [7, 11) is 4.25. The third kappa shape index (κ3) is 3.40. The molecule has 6 heteroatoms. The Kier molecular flexibility index (Phi) is 4.89. The Morgan fingerprint density at radius 1 is 1.29 bits per heavy atom. The van der Waals surface area contributed by atoms with Gasteiger partial charge in [-0.15, -0.1) is 0 Å². The van der Waals surface area contributed by atoms with Crippen molar-refractivity contribution >= 4 is 29.2 Å². The maximum Gasteiger partial charge on any atom is 0.237 e. The van der Waals surface area contributed by atoms with E-state index in [4.69, 9.17) is 0 Å². The highest BCUT2D eigenvalue weighted by atomic mass is 19.1. The van der Waals surface area contributed by atoms with Crippen molar-refractivity contribution in [2.45, 2.75) is 25.3 Å². The van der Waals surface area contributed by atoms with Crippen LogP contribution in [0.2, 0.25) is 0 Å². The number of aliphatic imine (C=N–C) groups is 1. The second-order valence-electron chi connectivity index (χ2n) is 7.77. The van der Waals surface area contributed by atoms with E-state index in [1.54, 1.807) is 12.1 Å². The summed E-state index contributed by atoms with van der Waals surface area (Å²) < 4.78 is 14.2. The zero-order valence-electron chi connectivity index (χ0n) is 16.4. The van der Waals surface area contributed by atoms with Crippen molar-refractivity contribution in [1.82, 2.24) is 4.90 Å². The largest absolute Gasteiger partial charge is 0.370 e. The number of carbonyl (C=O) groups is 1. The fourth-order valence-electron chi connectivity index (χ4n) is 4.06. The fraction of sp³-hybridized carbons (Fsp3) is 0.364. The third-order valence-electron chi connectivity index (χ3n) is 5.69. The van der Waals surface area contributed by atoms with E-state index in [2.05, 4.69) is 47.2 Å². The lowest BCUT2D eigenvalue weighted by atomic mass is 10.0. The molecule has 2 heterocycles. The van der Waals surface area contributed by atoms with Gasteiger partial charge >= 0.3 is 0 Å². The molecule has 5 nitrogen and oxygen atoms in total. The molecule has 2 aromatic rings. The zero-order chi connectivity index (χ0) is 19.8. The molecule has 1 amide bonds. The van der Waals surface area contributed by atoms with E-state index >= 15 is 0 Å². The minimum atomic E-state index is -0.699. The summed E-state index contributed by atoms with van der Waals surface area (Å²) in [6.07, 6.45) is 2.70. The van der Waals surface area contributed by atoms with Crippen molar-refractivity contribution < 1.29 is 9.18 Å². The Morgan fingerprint density at radius 2 is 2.11 bits per heavy atom. The summed E-state index contributed by atoms with van der Waals surface area (Å²) in [4.78, 5) is 21.4. The van der Waals surface area contributed by atoms with Gasteiger partial charge in [-0.2, -0.15) is 0 Å². The van der Waals surface area contributed by atoms with Crippen molar-refractivity contribution in [3.63, 3.8) is 0 Å². The van der Waals surface area contributed by atoms with Crippen LogP contribution in [0.5, 0.6) is 0 Å². The molecule has 0 aromatic heterocycles. The van der Waals surface area contributed by atoms with Crippen LogP contribution in [-0.2, 0) is 4.79 Å². The average Bonchev–Trinajstić information content (AvgIpc) is 3.25. The van der Waals surface area contributed by atoms with Gasteiger partial charge in [0.05, 0.1) is 5.69 Å². The molecule has 1 saturated heterocycles. The van der Waals surface area contributed by atoms with Crippen LogP contribution in [-0.4, -0.2) is 50.2 Å². The van der Waals surface area contributed by atoms with Gasteiger partial charge in [-0.25, -0.2) is 4.39 Å². The number of carbonyl (C=O) groups excluding carboxylic acids is 1. The van der Waals surface area contributed by atoms with Gasteiger partial charge < -0.3 is 15.1 Å². The summed E-state index contributed by atoms with van der Waals surface area (Å²) in [6, 6.07) is 11.3. The first-order valence-electron chi connectivity index (χ1n) is 9.59. The molecule has 146 valence electrons. The molecule has 2 aliphatic heterocycles. The normalized spacial score (nSPS) is 21.6. The van der Waals surface area contributed by atoms with Gasteiger partial charge in [0.15, 0.2) is 0 Å². The lowest BCUT2D eigenvalue weighted by Gasteiger charge is -2.23. The average molecular weight is 380 g/mol. The van der Waals surface area contributed by atoms with Crippen LogP contribution in [0, 0.1) is 12.7 Å². The zero-order valence-corrected chi connectivity index (χ0v) is 16.4. The van der Waals surface area contributed by atoms with E-state index in [1.165, 1.54) is 18.0 Å². The topological polar surface area (TPSA) is 47.9 Å². The maximum absolute atomic E-state index is 14.2. The molecule has 0 saturated carbocycles. The van der Waals surface area contributed by atoms with Crippen molar-refractivity contribution in [1.29, 1.82) is 0 Å². The molecule has 2 aliphatic rings. The number of amides is 1. The first-order chi connectivity index (χ1) is 13.4. The highest BCUT2D eigenvalue weighted by Gasteiger charge is 2.32. The molecule has 2 atom stereocenters.